The van der Waals surface area contributed by atoms with E-state index in [2.05, 4.69) is 0 Å². The molecule has 4 nitrogen and oxygen atoms in total. The third-order valence-electron chi connectivity index (χ3n) is 2.26. The fraction of sp³-hybridized carbons (Fsp3) is 1.00. The molecule has 160 valence electrons. The minimum absolute atomic E-state index is 0. The third-order valence-corrected chi connectivity index (χ3v) is 16.2. The molecule has 0 N–H and O–H groups in total. The second-order valence-electron chi connectivity index (χ2n) is 7.65. The molecule has 0 aromatic rings. The van der Waals surface area contributed by atoms with Crippen molar-refractivity contribution in [2.24, 2.45) is 23.7 Å². The van der Waals surface area contributed by atoms with Crippen LogP contribution in [0.5, 0.6) is 0 Å². The molecule has 0 aliphatic heterocycles. The van der Waals surface area contributed by atoms with Gasteiger partial charge in [0.25, 0.3) is 0 Å². The van der Waals surface area contributed by atoms with Gasteiger partial charge in [-0.15, -0.1) is 0 Å². The summed E-state index contributed by atoms with van der Waals surface area (Å²) in [6.07, 6.45) is 0. The smallest absolute Gasteiger partial charge is 0.784 e. The Morgan fingerprint density at radius 1 is 0.556 bits per heavy atom. The van der Waals surface area contributed by atoms with Crippen LogP contribution in [0.1, 0.15) is 55.4 Å². The van der Waals surface area contributed by atoms with E-state index in [9.17, 15) is 18.9 Å². The molecule has 0 saturated heterocycles. The molecule has 0 aromatic heterocycles. The number of rotatable bonds is 12. The van der Waals surface area contributed by atoms with Gasteiger partial charge in [0.15, 0.2) is 0 Å². The molecule has 0 radical (unpaired) electrons. The molecular formula is C16H36O4P2S4Zn. The van der Waals surface area contributed by atoms with Crippen LogP contribution >= 0.6 is 57.1 Å². The first kappa shape index (κ1) is 34.0. The van der Waals surface area contributed by atoms with Gasteiger partial charge < -0.3 is 18.9 Å². The van der Waals surface area contributed by atoms with E-state index < -0.39 is 11.5 Å². The first-order valence-electron chi connectivity index (χ1n) is 8.87. The van der Waals surface area contributed by atoms with Crippen molar-refractivity contribution in [3.63, 3.8) is 0 Å². The molecule has 0 bridgehead atoms. The molecule has 0 aliphatic rings. The van der Waals surface area contributed by atoms with E-state index in [1.165, 1.54) is 0 Å². The molecule has 0 atom stereocenters. The van der Waals surface area contributed by atoms with Crippen LogP contribution in [0.3, 0.4) is 0 Å². The van der Waals surface area contributed by atoms with Crippen molar-refractivity contribution in [1.29, 1.82) is 0 Å². The van der Waals surface area contributed by atoms with Crippen LogP contribution in [0.25, 0.3) is 0 Å². The van der Waals surface area contributed by atoms with Crippen LogP contribution in [-0.2, 0) is 28.6 Å². The van der Waals surface area contributed by atoms with Gasteiger partial charge >= 0.3 is 19.5 Å². The molecule has 0 aliphatic carbocycles. The van der Waals surface area contributed by atoms with Gasteiger partial charge in [-0.05, 0) is 23.7 Å². The van der Waals surface area contributed by atoms with Crippen molar-refractivity contribution in [2.75, 3.05) is 23.0 Å². The van der Waals surface area contributed by atoms with Gasteiger partial charge in [-0.25, -0.2) is 0 Å². The molecule has 0 fully saturated rings. The first-order chi connectivity index (χ1) is 11.7. The fourth-order valence-corrected chi connectivity index (χ4v) is 12.9. The Morgan fingerprint density at radius 3 is 0.815 bits per heavy atom. The maximum absolute atomic E-state index is 11.4. The summed E-state index contributed by atoms with van der Waals surface area (Å²) >= 11 is 4.37. The summed E-state index contributed by atoms with van der Waals surface area (Å²) in [4.78, 5) is 22.8. The predicted molar refractivity (Wildman–Crippen MR) is 124 cm³/mol. The summed E-state index contributed by atoms with van der Waals surface area (Å²) in [5.74, 6) is -1.88. The van der Waals surface area contributed by atoms with Crippen molar-refractivity contribution in [2.45, 2.75) is 55.4 Å². The van der Waals surface area contributed by atoms with Crippen LogP contribution in [0.15, 0.2) is 0 Å². The van der Waals surface area contributed by atoms with E-state index >= 15 is 0 Å². The fourth-order valence-electron chi connectivity index (χ4n) is 1.04. The van der Waals surface area contributed by atoms with Crippen molar-refractivity contribution >= 4 is 57.1 Å². The molecule has 0 amide bonds. The van der Waals surface area contributed by atoms with Crippen LogP contribution in [0.4, 0.5) is 0 Å². The van der Waals surface area contributed by atoms with Gasteiger partial charge in [0, 0.05) is 23.0 Å². The predicted octanol–water partition coefficient (Wildman–Crippen LogP) is 6.46. The van der Waals surface area contributed by atoms with Crippen LogP contribution < -0.4 is 9.79 Å². The van der Waals surface area contributed by atoms with Gasteiger partial charge in [-0.2, -0.15) is 0 Å². The second-order valence-corrected chi connectivity index (χ2v) is 22.1. The van der Waals surface area contributed by atoms with E-state index in [0.717, 1.165) is 45.5 Å². The Kier molecular flexibility index (Phi) is 22.7. The number of hydrogen-bond donors (Lipinski definition) is 0. The van der Waals surface area contributed by atoms with Gasteiger partial charge in [0.2, 0.25) is 0 Å². The molecular weight excluding hydrogens is 512 g/mol. The largest absolute Gasteiger partial charge is 2.00 e. The van der Waals surface area contributed by atoms with Gasteiger partial charge in [0.05, 0.1) is 0 Å². The molecule has 0 spiro atoms. The quantitative estimate of drug-likeness (QED) is 0.203. The summed E-state index contributed by atoms with van der Waals surface area (Å²) in [6.45, 7) is 16.2. The molecule has 0 rings (SSSR count). The zero-order chi connectivity index (χ0) is 21.0. The first-order valence-corrected chi connectivity index (χ1v) is 18.5. The average molecular weight is 548 g/mol. The Morgan fingerprint density at radius 2 is 0.704 bits per heavy atom. The minimum Gasteiger partial charge on any atom is -0.784 e. The van der Waals surface area contributed by atoms with E-state index in [1.54, 1.807) is 0 Å². The Hall–Kier alpha value is 2.40. The summed E-state index contributed by atoms with van der Waals surface area (Å²) < 4.78 is 22.8. The van der Waals surface area contributed by atoms with E-state index in [-0.39, 0.29) is 19.5 Å². The van der Waals surface area contributed by atoms with E-state index in [0.29, 0.717) is 46.7 Å². The normalized spacial score (nSPS) is 12.4. The second kappa shape index (κ2) is 18.0. The summed E-state index contributed by atoms with van der Waals surface area (Å²) in [5.41, 5.74) is 0. The zero-order valence-corrected chi connectivity index (χ0v) is 26.0. The Labute approximate surface area is 196 Å². The molecule has 27 heavy (non-hydrogen) atoms. The zero-order valence-electron chi connectivity index (χ0n) is 18.0. The Bertz CT molecular complexity index is 380. The summed E-state index contributed by atoms with van der Waals surface area (Å²) in [7, 11) is 0. The van der Waals surface area contributed by atoms with Crippen molar-refractivity contribution in [1.82, 2.24) is 0 Å². The topological polar surface area (TPSA) is 80.3 Å². The average Bonchev–Trinajstić information content (AvgIpc) is 2.48. The van der Waals surface area contributed by atoms with Crippen molar-refractivity contribution in [3.05, 3.63) is 0 Å². The van der Waals surface area contributed by atoms with Crippen LogP contribution in [0, 0.1) is 23.7 Å². The SMILES string of the molecule is CC(C)CSP(=O)([O-])SCC(C)C.CC(C)CSP(=O)([O-])SCC(C)C.[Zn+2]. The van der Waals surface area contributed by atoms with Gasteiger partial charge in [-0.3, -0.25) is 0 Å². The van der Waals surface area contributed by atoms with Crippen molar-refractivity contribution < 1.29 is 38.4 Å². The summed E-state index contributed by atoms with van der Waals surface area (Å²) in [6, 6.07) is 0. The monoisotopic (exact) mass is 546 g/mol. The van der Waals surface area contributed by atoms with Gasteiger partial charge in [-0.1, -0.05) is 101 Å². The molecule has 0 saturated carbocycles. The number of hydrogen-bond acceptors (Lipinski definition) is 8. The summed E-state index contributed by atoms with van der Waals surface area (Å²) in [5, 5.41) is 0. The standard InChI is InChI=1S/2C8H19O2PS2.Zn/c2*1-7(2)5-12-11(9,10)13-6-8(3)4;/h2*7-8H,5-6H2,1-4H3,(H,9,10);/q;;+2/p-2. The van der Waals surface area contributed by atoms with Gasteiger partial charge in [0.1, 0.15) is 11.5 Å². The minimum atomic E-state index is -3.22. The molecule has 0 heterocycles. The molecule has 11 heteroatoms. The van der Waals surface area contributed by atoms with Crippen LogP contribution in [-0.4, -0.2) is 23.0 Å². The van der Waals surface area contributed by atoms with E-state index in [4.69, 9.17) is 0 Å². The molecule has 0 aromatic carbocycles. The maximum atomic E-state index is 11.4. The Balaban J connectivity index is -0.000000411. The van der Waals surface area contributed by atoms with Crippen LogP contribution in [0.2, 0.25) is 0 Å². The van der Waals surface area contributed by atoms with Crippen molar-refractivity contribution in [3.8, 4) is 0 Å². The third kappa shape index (κ3) is 28.4. The maximum Gasteiger partial charge on any atom is 2.00 e. The van der Waals surface area contributed by atoms with E-state index in [1.807, 2.05) is 55.4 Å². The molecule has 0 unspecified atom stereocenters.